The van der Waals surface area contributed by atoms with Gasteiger partial charge in [-0.05, 0) is 12.8 Å². The van der Waals surface area contributed by atoms with Gasteiger partial charge in [0.1, 0.15) is 17.8 Å². The first kappa shape index (κ1) is 12.3. The quantitative estimate of drug-likeness (QED) is 0.779. The molecular weight excluding hydrogens is 244 g/mol. The van der Waals surface area contributed by atoms with Gasteiger partial charge in [0.2, 0.25) is 0 Å². The lowest BCUT2D eigenvalue weighted by Gasteiger charge is -2.27. The SMILES string of the molecule is O=C(c1cc(N2CCOCC2)ncn1)N1CCCC1. The lowest BCUT2D eigenvalue weighted by molar-refractivity contribution is 0.0787. The molecule has 6 nitrogen and oxygen atoms in total. The number of morpholine rings is 1. The molecule has 2 aliphatic rings. The zero-order valence-corrected chi connectivity index (χ0v) is 10.9. The molecule has 102 valence electrons. The van der Waals surface area contributed by atoms with Crippen molar-refractivity contribution in [3.8, 4) is 0 Å². The second-order valence-corrected chi connectivity index (χ2v) is 4.86. The monoisotopic (exact) mass is 262 g/mol. The first-order chi connectivity index (χ1) is 9.34. The Labute approximate surface area is 112 Å². The van der Waals surface area contributed by atoms with Crippen molar-refractivity contribution < 1.29 is 9.53 Å². The molecule has 2 saturated heterocycles. The number of amides is 1. The maximum absolute atomic E-state index is 12.3. The molecule has 0 spiro atoms. The highest BCUT2D eigenvalue weighted by atomic mass is 16.5. The number of ether oxygens (including phenoxy) is 1. The Balaban J connectivity index is 1.76. The van der Waals surface area contributed by atoms with Gasteiger partial charge in [-0.15, -0.1) is 0 Å². The van der Waals surface area contributed by atoms with Gasteiger partial charge in [0.05, 0.1) is 13.2 Å². The zero-order valence-electron chi connectivity index (χ0n) is 10.9. The number of carbonyl (C=O) groups is 1. The third-order valence-electron chi connectivity index (χ3n) is 3.60. The Morgan fingerprint density at radius 2 is 1.84 bits per heavy atom. The fourth-order valence-corrected chi connectivity index (χ4v) is 2.51. The largest absolute Gasteiger partial charge is 0.378 e. The molecule has 0 bridgehead atoms. The number of anilines is 1. The van der Waals surface area contributed by atoms with E-state index < -0.39 is 0 Å². The van der Waals surface area contributed by atoms with Crippen LogP contribution in [0.3, 0.4) is 0 Å². The van der Waals surface area contributed by atoms with Gasteiger partial charge in [0, 0.05) is 32.2 Å². The lowest BCUT2D eigenvalue weighted by atomic mass is 10.3. The summed E-state index contributed by atoms with van der Waals surface area (Å²) in [5.41, 5.74) is 0.499. The van der Waals surface area contributed by atoms with Crippen molar-refractivity contribution in [1.29, 1.82) is 0 Å². The summed E-state index contributed by atoms with van der Waals surface area (Å²) < 4.78 is 5.32. The van der Waals surface area contributed by atoms with Crippen molar-refractivity contribution in [2.45, 2.75) is 12.8 Å². The zero-order chi connectivity index (χ0) is 13.1. The van der Waals surface area contributed by atoms with Crippen molar-refractivity contribution in [3.05, 3.63) is 18.1 Å². The molecular formula is C13H18N4O2. The molecule has 6 heteroatoms. The smallest absolute Gasteiger partial charge is 0.272 e. The lowest BCUT2D eigenvalue weighted by Crippen LogP contribution is -2.37. The molecule has 0 aromatic carbocycles. The summed E-state index contributed by atoms with van der Waals surface area (Å²) in [7, 11) is 0. The second kappa shape index (κ2) is 5.52. The van der Waals surface area contributed by atoms with Crippen LogP contribution < -0.4 is 4.90 Å². The fraction of sp³-hybridized carbons (Fsp3) is 0.615. The van der Waals surface area contributed by atoms with Gasteiger partial charge in [-0.2, -0.15) is 0 Å². The van der Waals surface area contributed by atoms with Crippen LogP contribution in [0.15, 0.2) is 12.4 Å². The average Bonchev–Trinajstić information content (AvgIpc) is 3.02. The molecule has 0 atom stereocenters. The number of carbonyl (C=O) groups excluding carboxylic acids is 1. The summed E-state index contributed by atoms with van der Waals surface area (Å²) in [6, 6.07) is 1.80. The molecule has 0 aliphatic carbocycles. The average molecular weight is 262 g/mol. The van der Waals surface area contributed by atoms with Gasteiger partial charge in [-0.3, -0.25) is 4.79 Å². The maximum atomic E-state index is 12.3. The predicted octanol–water partition coefficient (Wildman–Crippen LogP) is 0.549. The highest BCUT2D eigenvalue weighted by Gasteiger charge is 2.22. The van der Waals surface area contributed by atoms with Gasteiger partial charge in [-0.25, -0.2) is 9.97 Å². The Morgan fingerprint density at radius 3 is 2.58 bits per heavy atom. The molecule has 0 N–H and O–H groups in total. The minimum absolute atomic E-state index is 0.0226. The van der Waals surface area contributed by atoms with Gasteiger partial charge < -0.3 is 14.5 Å². The third kappa shape index (κ3) is 2.68. The number of likely N-dealkylation sites (tertiary alicyclic amines) is 1. The van der Waals surface area contributed by atoms with E-state index in [0.29, 0.717) is 18.9 Å². The van der Waals surface area contributed by atoms with Crippen molar-refractivity contribution in [3.63, 3.8) is 0 Å². The standard InChI is InChI=1S/C13H18N4O2/c18-13(17-3-1-2-4-17)11-9-12(15-10-14-11)16-5-7-19-8-6-16/h9-10H,1-8H2. The number of hydrogen-bond acceptors (Lipinski definition) is 5. The first-order valence-corrected chi connectivity index (χ1v) is 6.78. The molecule has 0 radical (unpaired) electrons. The predicted molar refractivity (Wildman–Crippen MR) is 70.2 cm³/mol. The summed E-state index contributed by atoms with van der Waals surface area (Å²) >= 11 is 0. The molecule has 1 aromatic rings. The third-order valence-corrected chi connectivity index (χ3v) is 3.60. The summed E-state index contributed by atoms with van der Waals surface area (Å²) in [4.78, 5) is 24.7. The number of rotatable bonds is 2. The Hall–Kier alpha value is -1.69. The molecule has 0 saturated carbocycles. The van der Waals surface area contributed by atoms with Crippen LogP contribution in [0.25, 0.3) is 0 Å². The fourth-order valence-electron chi connectivity index (χ4n) is 2.51. The topological polar surface area (TPSA) is 58.6 Å². The molecule has 2 aliphatic heterocycles. The van der Waals surface area contributed by atoms with Gasteiger partial charge in [0.25, 0.3) is 5.91 Å². The maximum Gasteiger partial charge on any atom is 0.272 e. The van der Waals surface area contributed by atoms with E-state index in [-0.39, 0.29) is 5.91 Å². The minimum atomic E-state index is 0.0226. The van der Waals surface area contributed by atoms with Gasteiger partial charge in [0.15, 0.2) is 0 Å². The van der Waals surface area contributed by atoms with Crippen LogP contribution in [0.4, 0.5) is 5.82 Å². The van der Waals surface area contributed by atoms with E-state index in [4.69, 9.17) is 4.74 Å². The van der Waals surface area contributed by atoms with Crippen LogP contribution in [0.5, 0.6) is 0 Å². The highest BCUT2D eigenvalue weighted by molar-refractivity contribution is 5.93. The van der Waals surface area contributed by atoms with Crippen molar-refractivity contribution >= 4 is 11.7 Å². The van der Waals surface area contributed by atoms with Gasteiger partial charge in [-0.1, -0.05) is 0 Å². The van der Waals surface area contributed by atoms with E-state index in [0.717, 1.165) is 44.8 Å². The van der Waals surface area contributed by atoms with E-state index in [2.05, 4.69) is 14.9 Å². The first-order valence-electron chi connectivity index (χ1n) is 6.78. The van der Waals surface area contributed by atoms with E-state index in [1.54, 1.807) is 6.07 Å². The Kier molecular flexibility index (Phi) is 3.59. The van der Waals surface area contributed by atoms with E-state index >= 15 is 0 Å². The van der Waals surface area contributed by atoms with Crippen LogP contribution in [0.1, 0.15) is 23.3 Å². The molecule has 3 rings (SSSR count). The number of aromatic nitrogens is 2. The molecule has 19 heavy (non-hydrogen) atoms. The van der Waals surface area contributed by atoms with Gasteiger partial charge >= 0.3 is 0 Å². The Bertz CT molecular complexity index is 454. The molecule has 1 aromatic heterocycles. The summed E-state index contributed by atoms with van der Waals surface area (Å²) in [5.74, 6) is 0.843. The van der Waals surface area contributed by atoms with Crippen LogP contribution in [-0.4, -0.2) is 60.2 Å². The van der Waals surface area contributed by atoms with Crippen LogP contribution in [0, 0.1) is 0 Å². The summed E-state index contributed by atoms with van der Waals surface area (Å²) in [5, 5.41) is 0. The van der Waals surface area contributed by atoms with E-state index in [1.807, 2.05) is 4.90 Å². The second-order valence-electron chi connectivity index (χ2n) is 4.86. The highest BCUT2D eigenvalue weighted by Crippen LogP contribution is 2.16. The van der Waals surface area contributed by atoms with E-state index in [1.165, 1.54) is 6.33 Å². The summed E-state index contributed by atoms with van der Waals surface area (Å²) in [6.07, 6.45) is 3.66. The molecule has 1 amide bonds. The normalized spacial score (nSPS) is 19.8. The van der Waals surface area contributed by atoms with Crippen molar-refractivity contribution in [2.75, 3.05) is 44.3 Å². The number of hydrogen-bond donors (Lipinski definition) is 0. The van der Waals surface area contributed by atoms with E-state index in [9.17, 15) is 4.79 Å². The minimum Gasteiger partial charge on any atom is -0.378 e. The van der Waals surface area contributed by atoms with Crippen molar-refractivity contribution in [1.82, 2.24) is 14.9 Å². The van der Waals surface area contributed by atoms with Crippen LogP contribution >= 0.6 is 0 Å². The van der Waals surface area contributed by atoms with Crippen LogP contribution in [-0.2, 0) is 4.74 Å². The molecule has 0 unspecified atom stereocenters. The van der Waals surface area contributed by atoms with Crippen molar-refractivity contribution in [2.24, 2.45) is 0 Å². The Morgan fingerprint density at radius 1 is 1.11 bits per heavy atom. The molecule has 3 heterocycles. The van der Waals surface area contributed by atoms with Crippen LogP contribution in [0.2, 0.25) is 0 Å². The summed E-state index contributed by atoms with van der Waals surface area (Å²) in [6.45, 7) is 4.73. The number of nitrogens with zero attached hydrogens (tertiary/aromatic N) is 4. The molecule has 2 fully saturated rings.